The van der Waals surface area contributed by atoms with Crippen LogP contribution in [-0.2, 0) is 14.3 Å². The first kappa shape index (κ1) is 20.4. The van der Waals surface area contributed by atoms with Crippen molar-refractivity contribution in [1.29, 1.82) is 0 Å². The molecule has 3 fully saturated rings. The van der Waals surface area contributed by atoms with Crippen molar-refractivity contribution in [3.8, 4) is 0 Å². The fourth-order valence-corrected chi connectivity index (χ4v) is 4.10. The van der Waals surface area contributed by atoms with Gasteiger partial charge in [0.15, 0.2) is 0 Å². The lowest BCUT2D eigenvalue weighted by Gasteiger charge is -2.42. The molecule has 1 aliphatic carbocycles. The third kappa shape index (κ3) is 3.94. The van der Waals surface area contributed by atoms with Crippen molar-refractivity contribution in [2.45, 2.75) is 43.9 Å². The summed E-state index contributed by atoms with van der Waals surface area (Å²) in [6, 6.07) is 0. The predicted molar refractivity (Wildman–Crippen MR) is 91.9 cm³/mol. The number of carbonyl (C=O) groups excluding carboxylic acids is 2. The molecule has 3 aliphatic rings. The molecule has 2 amide bonds. The van der Waals surface area contributed by atoms with Crippen LogP contribution in [0.15, 0.2) is 0 Å². The van der Waals surface area contributed by atoms with Crippen LogP contribution in [0.3, 0.4) is 0 Å². The molecule has 9 heteroatoms. The first-order valence-corrected chi connectivity index (χ1v) is 9.53. The van der Waals surface area contributed by atoms with Crippen LogP contribution in [0.5, 0.6) is 0 Å². The van der Waals surface area contributed by atoms with Gasteiger partial charge in [-0.1, -0.05) is 0 Å². The topological polar surface area (TPSA) is 61.9 Å². The number of rotatable bonds is 6. The average Bonchev–Trinajstić information content (AvgIpc) is 3.32. The molecule has 2 saturated heterocycles. The van der Waals surface area contributed by atoms with Crippen molar-refractivity contribution in [1.82, 2.24) is 15.1 Å². The second-order valence-electron chi connectivity index (χ2n) is 8.43. The molecule has 2 aliphatic heterocycles. The molecule has 3 rings (SSSR count). The monoisotopic (exact) mass is 391 g/mol. The summed E-state index contributed by atoms with van der Waals surface area (Å²) in [7, 11) is 3.87. The van der Waals surface area contributed by atoms with Gasteiger partial charge in [0.25, 0.3) is 5.91 Å². The molecule has 1 unspecified atom stereocenters. The summed E-state index contributed by atoms with van der Waals surface area (Å²) in [6.07, 6.45) is -2.47. The summed E-state index contributed by atoms with van der Waals surface area (Å²) in [5.41, 5.74) is -3.01. The van der Waals surface area contributed by atoms with E-state index in [2.05, 4.69) is 5.32 Å². The number of carbonyl (C=O) groups is 2. The number of halogens is 3. The first-order valence-electron chi connectivity index (χ1n) is 9.53. The Morgan fingerprint density at radius 3 is 2.33 bits per heavy atom. The largest absolute Gasteiger partial charge is 0.426 e. The van der Waals surface area contributed by atoms with E-state index in [1.165, 1.54) is 0 Å². The van der Waals surface area contributed by atoms with Gasteiger partial charge in [-0.05, 0) is 46.2 Å². The highest BCUT2D eigenvalue weighted by Crippen LogP contribution is 2.48. The molecule has 1 atom stereocenters. The third-order valence-corrected chi connectivity index (χ3v) is 5.82. The molecule has 0 spiro atoms. The lowest BCUT2D eigenvalue weighted by Crippen LogP contribution is -2.62. The van der Waals surface area contributed by atoms with E-state index in [0.717, 1.165) is 19.4 Å². The van der Waals surface area contributed by atoms with E-state index in [-0.39, 0.29) is 36.8 Å². The van der Waals surface area contributed by atoms with Gasteiger partial charge in [-0.2, -0.15) is 13.2 Å². The second kappa shape index (κ2) is 7.24. The Morgan fingerprint density at radius 2 is 1.85 bits per heavy atom. The van der Waals surface area contributed by atoms with Crippen LogP contribution < -0.4 is 5.32 Å². The standard InChI is InChI=1S/C18H28F3N3O3/c1-23(2)12-16(6-7-16)15(26)24-10-13(11-24)9-22-14(25)17(18(19,20)21)5-3-4-8-27-17/h13H,3-12H2,1-2H3,(H,22,25). The Labute approximate surface area is 157 Å². The predicted octanol–water partition coefficient (Wildman–Crippen LogP) is 1.40. The molecule has 6 nitrogen and oxygen atoms in total. The van der Waals surface area contributed by atoms with Crippen LogP contribution >= 0.6 is 0 Å². The number of alkyl halides is 3. The molecule has 0 aromatic rings. The van der Waals surface area contributed by atoms with Gasteiger partial charge >= 0.3 is 6.18 Å². The van der Waals surface area contributed by atoms with Gasteiger partial charge in [0, 0.05) is 38.7 Å². The van der Waals surface area contributed by atoms with Gasteiger partial charge in [0.05, 0.1) is 5.41 Å². The molecule has 0 aromatic heterocycles. The molecule has 1 saturated carbocycles. The molecule has 0 radical (unpaired) electrons. The fraction of sp³-hybridized carbons (Fsp3) is 0.889. The van der Waals surface area contributed by atoms with Crippen LogP contribution in [0, 0.1) is 11.3 Å². The normalized spacial score (nSPS) is 28.0. The Kier molecular flexibility index (Phi) is 5.46. The van der Waals surface area contributed by atoms with Crippen LogP contribution in [0.2, 0.25) is 0 Å². The Bertz CT molecular complexity index is 578. The quantitative estimate of drug-likeness (QED) is 0.744. The van der Waals surface area contributed by atoms with Crippen molar-refractivity contribution < 1.29 is 27.5 Å². The van der Waals surface area contributed by atoms with Crippen LogP contribution in [0.1, 0.15) is 32.1 Å². The highest BCUT2D eigenvalue weighted by molar-refractivity contribution is 5.87. The molecule has 1 N–H and O–H groups in total. The maximum absolute atomic E-state index is 13.4. The number of likely N-dealkylation sites (tertiary alicyclic amines) is 1. The van der Waals surface area contributed by atoms with Crippen molar-refractivity contribution in [3.05, 3.63) is 0 Å². The lowest BCUT2D eigenvalue weighted by atomic mass is 9.91. The van der Waals surface area contributed by atoms with Gasteiger partial charge < -0.3 is 19.9 Å². The zero-order valence-corrected chi connectivity index (χ0v) is 15.9. The molecular formula is C18H28F3N3O3. The van der Waals surface area contributed by atoms with Crippen LogP contribution in [0.4, 0.5) is 13.2 Å². The van der Waals surface area contributed by atoms with Crippen molar-refractivity contribution in [3.63, 3.8) is 0 Å². The summed E-state index contributed by atoms with van der Waals surface area (Å²) >= 11 is 0. The van der Waals surface area contributed by atoms with E-state index in [1.54, 1.807) is 4.90 Å². The maximum Gasteiger partial charge on any atom is 0.426 e. The molecule has 0 bridgehead atoms. The molecule has 2 heterocycles. The Balaban J connectivity index is 1.48. The highest BCUT2D eigenvalue weighted by atomic mass is 19.4. The smallest absolute Gasteiger partial charge is 0.357 e. The molecule has 27 heavy (non-hydrogen) atoms. The zero-order valence-electron chi connectivity index (χ0n) is 15.9. The van der Waals surface area contributed by atoms with Gasteiger partial charge in [-0.15, -0.1) is 0 Å². The van der Waals surface area contributed by atoms with E-state index in [9.17, 15) is 22.8 Å². The zero-order chi connectivity index (χ0) is 19.9. The number of nitrogens with zero attached hydrogens (tertiary/aromatic N) is 2. The number of hydrogen-bond acceptors (Lipinski definition) is 4. The number of nitrogens with one attached hydrogen (secondary N) is 1. The molecule has 154 valence electrons. The van der Waals surface area contributed by atoms with Gasteiger partial charge in [0.2, 0.25) is 11.5 Å². The van der Waals surface area contributed by atoms with Crippen molar-refractivity contribution >= 4 is 11.8 Å². The Hall–Kier alpha value is -1.35. The summed E-state index contributed by atoms with van der Waals surface area (Å²) < 4.78 is 45.2. The molecular weight excluding hydrogens is 363 g/mol. The van der Waals surface area contributed by atoms with Crippen molar-refractivity contribution in [2.24, 2.45) is 11.3 Å². The summed E-state index contributed by atoms with van der Waals surface area (Å²) in [5.74, 6) is -0.992. The summed E-state index contributed by atoms with van der Waals surface area (Å²) in [4.78, 5) is 28.6. The molecule has 0 aromatic carbocycles. The third-order valence-electron chi connectivity index (χ3n) is 5.82. The summed E-state index contributed by atoms with van der Waals surface area (Å²) in [5, 5.41) is 2.42. The van der Waals surface area contributed by atoms with Gasteiger partial charge in [-0.25, -0.2) is 0 Å². The summed E-state index contributed by atoms with van der Waals surface area (Å²) in [6.45, 7) is 1.74. The van der Waals surface area contributed by atoms with E-state index < -0.39 is 17.7 Å². The van der Waals surface area contributed by atoms with Crippen LogP contribution in [-0.4, -0.2) is 80.3 Å². The highest BCUT2D eigenvalue weighted by Gasteiger charge is 2.62. The number of amides is 2. The average molecular weight is 391 g/mol. The minimum atomic E-state index is -4.73. The van der Waals surface area contributed by atoms with Crippen LogP contribution in [0.25, 0.3) is 0 Å². The minimum Gasteiger partial charge on any atom is -0.357 e. The second-order valence-corrected chi connectivity index (χ2v) is 8.43. The lowest BCUT2D eigenvalue weighted by molar-refractivity contribution is -0.277. The van der Waals surface area contributed by atoms with Gasteiger partial charge in [0.1, 0.15) is 0 Å². The van der Waals surface area contributed by atoms with E-state index in [0.29, 0.717) is 25.9 Å². The number of hydrogen-bond donors (Lipinski definition) is 1. The number of ether oxygens (including phenoxy) is 1. The maximum atomic E-state index is 13.4. The van der Waals surface area contributed by atoms with Gasteiger partial charge in [-0.3, -0.25) is 9.59 Å². The van der Waals surface area contributed by atoms with E-state index in [4.69, 9.17) is 4.74 Å². The SMILES string of the molecule is CN(C)CC1(C(=O)N2CC(CNC(=O)C3(C(F)(F)F)CCCCO3)C2)CC1. The minimum absolute atomic E-state index is 0.0121. The Morgan fingerprint density at radius 1 is 1.19 bits per heavy atom. The van der Waals surface area contributed by atoms with E-state index in [1.807, 2.05) is 19.0 Å². The van der Waals surface area contributed by atoms with E-state index >= 15 is 0 Å². The first-order chi connectivity index (χ1) is 12.6. The fourth-order valence-electron chi connectivity index (χ4n) is 4.10. The van der Waals surface area contributed by atoms with Crippen molar-refractivity contribution in [2.75, 3.05) is 46.9 Å².